The van der Waals surface area contributed by atoms with Crippen molar-refractivity contribution in [3.63, 3.8) is 0 Å². The second-order valence-corrected chi connectivity index (χ2v) is 6.06. The van der Waals surface area contributed by atoms with Crippen molar-refractivity contribution in [3.05, 3.63) is 42.1 Å². The van der Waals surface area contributed by atoms with E-state index < -0.39 is 11.7 Å². The van der Waals surface area contributed by atoms with Gasteiger partial charge in [-0.1, -0.05) is 0 Å². The molecule has 1 aromatic heterocycles. The van der Waals surface area contributed by atoms with Crippen LogP contribution in [0.4, 0.5) is 9.18 Å². The minimum absolute atomic E-state index is 0.288. The molecule has 2 N–H and O–H groups in total. The Balaban J connectivity index is 2.04. The Hall–Kier alpha value is -2.37. The van der Waals surface area contributed by atoms with Crippen LogP contribution in [0.25, 0.3) is 11.3 Å². The summed E-state index contributed by atoms with van der Waals surface area (Å²) < 4.78 is 18.1. The van der Waals surface area contributed by atoms with Crippen LogP contribution in [0.15, 0.2) is 30.5 Å². The number of nitrogens with one attached hydrogen (secondary N) is 2. The number of hydrogen-bond donors (Lipinski definition) is 2. The van der Waals surface area contributed by atoms with Crippen molar-refractivity contribution in [2.45, 2.75) is 39.3 Å². The zero-order valence-corrected chi connectivity index (χ0v) is 13.1. The van der Waals surface area contributed by atoms with Gasteiger partial charge in [0.25, 0.3) is 0 Å². The van der Waals surface area contributed by atoms with Gasteiger partial charge in [0.15, 0.2) is 0 Å². The molecule has 1 aromatic carbocycles. The minimum atomic E-state index is -0.549. The highest BCUT2D eigenvalue weighted by Crippen LogP contribution is 2.19. The third-order valence-corrected chi connectivity index (χ3v) is 2.89. The molecule has 0 unspecified atom stereocenters. The number of carbonyl (C=O) groups is 1. The van der Waals surface area contributed by atoms with Gasteiger partial charge >= 0.3 is 6.09 Å². The van der Waals surface area contributed by atoms with Gasteiger partial charge in [0.1, 0.15) is 17.2 Å². The highest BCUT2D eigenvalue weighted by atomic mass is 19.1. The third kappa shape index (κ3) is 4.31. The van der Waals surface area contributed by atoms with Crippen LogP contribution in [-0.2, 0) is 4.74 Å². The normalized spacial score (nSPS) is 12.8. The maximum Gasteiger partial charge on any atom is 0.408 e. The number of nitrogens with zero attached hydrogens (tertiary/aromatic N) is 1. The molecule has 22 heavy (non-hydrogen) atoms. The fourth-order valence-corrected chi connectivity index (χ4v) is 1.89. The van der Waals surface area contributed by atoms with Gasteiger partial charge in [-0.2, -0.15) is 0 Å². The van der Waals surface area contributed by atoms with Crippen molar-refractivity contribution in [1.82, 2.24) is 15.3 Å². The van der Waals surface area contributed by atoms with Crippen LogP contribution in [0.1, 0.15) is 39.6 Å². The van der Waals surface area contributed by atoms with Gasteiger partial charge in [-0.3, -0.25) is 0 Å². The number of rotatable bonds is 3. The van der Waals surface area contributed by atoms with Crippen LogP contribution >= 0.6 is 0 Å². The summed E-state index contributed by atoms with van der Waals surface area (Å²) >= 11 is 0. The predicted octanol–water partition coefficient (Wildman–Crippen LogP) is 3.80. The molecule has 0 aliphatic rings. The monoisotopic (exact) mass is 305 g/mol. The average Bonchev–Trinajstić information content (AvgIpc) is 2.86. The molecule has 0 fully saturated rings. The Morgan fingerprint density at radius 3 is 2.55 bits per heavy atom. The second kappa shape index (κ2) is 6.17. The van der Waals surface area contributed by atoms with E-state index in [2.05, 4.69) is 15.3 Å². The molecule has 0 saturated carbocycles. The first-order valence-electron chi connectivity index (χ1n) is 7.05. The Kier molecular flexibility index (Phi) is 4.49. The fraction of sp³-hybridized carbons (Fsp3) is 0.375. The smallest absolute Gasteiger partial charge is 0.408 e. The summed E-state index contributed by atoms with van der Waals surface area (Å²) in [5.41, 5.74) is 1.03. The van der Waals surface area contributed by atoms with Gasteiger partial charge in [-0.15, -0.1) is 0 Å². The van der Waals surface area contributed by atoms with Crippen LogP contribution in [0.2, 0.25) is 0 Å². The van der Waals surface area contributed by atoms with E-state index in [1.807, 2.05) is 0 Å². The molecule has 6 heteroatoms. The SMILES string of the molecule is C[C@H](NC(=O)OC(C)(C)C)c1ncc(-c2ccc(F)cc2)[nH]1. The van der Waals surface area contributed by atoms with Crippen LogP contribution in [-0.4, -0.2) is 21.7 Å². The summed E-state index contributed by atoms with van der Waals surface area (Å²) in [7, 11) is 0. The van der Waals surface area contributed by atoms with E-state index in [0.717, 1.165) is 11.3 Å². The molecule has 2 rings (SSSR count). The van der Waals surface area contributed by atoms with Gasteiger partial charge in [-0.05, 0) is 57.5 Å². The Morgan fingerprint density at radius 1 is 1.32 bits per heavy atom. The van der Waals surface area contributed by atoms with E-state index in [9.17, 15) is 9.18 Å². The van der Waals surface area contributed by atoms with Crippen molar-refractivity contribution in [2.75, 3.05) is 0 Å². The number of carbonyl (C=O) groups excluding carboxylic acids is 1. The molecule has 0 bridgehead atoms. The zero-order valence-electron chi connectivity index (χ0n) is 13.1. The lowest BCUT2D eigenvalue weighted by molar-refractivity contribution is 0.0506. The quantitative estimate of drug-likeness (QED) is 0.906. The first-order chi connectivity index (χ1) is 10.2. The van der Waals surface area contributed by atoms with Crippen LogP contribution < -0.4 is 5.32 Å². The van der Waals surface area contributed by atoms with E-state index in [-0.39, 0.29) is 11.9 Å². The summed E-state index contributed by atoms with van der Waals surface area (Å²) in [5.74, 6) is 0.314. The van der Waals surface area contributed by atoms with Gasteiger partial charge in [-0.25, -0.2) is 14.2 Å². The molecule has 0 aliphatic carbocycles. The number of hydrogen-bond acceptors (Lipinski definition) is 3. The van der Waals surface area contributed by atoms with E-state index in [1.165, 1.54) is 12.1 Å². The van der Waals surface area contributed by atoms with Crippen molar-refractivity contribution in [3.8, 4) is 11.3 Å². The van der Waals surface area contributed by atoms with Crippen LogP contribution in [0.5, 0.6) is 0 Å². The second-order valence-electron chi connectivity index (χ2n) is 6.06. The lowest BCUT2D eigenvalue weighted by Gasteiger charge is -2.21. The van der Waals surface area contributed by atoms with Crippen LogP contribution in [0.3, 0.4) is 0 Å². The summed E-state index contributed by atoms with van der Waals surface area (Å²) in [4.78, 5) is 19.1. The number of halogens is 1. The lowest BCUT2D eigenvalue weighted by Crippen LogP contribution is -2.34. The van der Waals surface area contributed by atoms with Crippen molar-refractivity contribution in [2.24, 2.45) is 0 Å². The third-order valence-electron chi connectivity index (χ3n) is 2.89. The summed E-state index contributed by atoms with van der Waals surface area (Å²) in [6, 6.07) is 5.78. The number of ether oxygens (including phenoxy) is 1. The first kappa shape index (κ1) is 16.0. The van der Waals surface area contributed by atoms with Gasteiger partial charge in [0.2, 0.25) is 0 Å². The number of amides is 1. The number of imidazole rings is 1. The first-order valence-corrected chi connectivity index (χ1v) is 7.05. The minimum Gasteiger partial charge on any atom is -0.444 e. The summed E-state index contributed by atoms with van der Waals surface area (Å²) in [5, 5.41) is 2.71. The predicted molar refractivity (Wildman–Crippen MR) is 81.8 cm³/mol. The van der Waals surface area contributed by atoms with E-state index in [4.69, 9.17) is 4.74 Å². The van der Waals surface area contributed by atoms with Crippen molar-refractivity contribution >= 4 is 6.09 Å². The largest absolute Gasteiger partial charge is 0.444 e. The maximum absolute atomic E-state index is 12.9. The summed E-state index contributed by atoms with van der Waals surface area (Å²) in [6.45, 7) is 7.21. The highest BCUT2D eigenvalue weighted by molar-refractivity contribution is 5.68. The van der Waals surface area contributed by atoms with E-state index in [0.29, 0.717) is 5.82 Å². The van der Waals surface area contributed by atoms with Crippen molar-refractivity contribution in [1.29, 1.82) is 0 Å². The summed E-state index contributed by atoms with van der Waals surface area (Å²) in [6.07, 6.45) is 1.15. The molecule has 0 radical (unpaired) electrons. The molecule has 0 spiro atoms. The molecular formula is C16H20FN3O2. The number of H-pyrrole nitrogens is 1. The zero-order chi connectivity index (χ0) is 16.3. The standard InChI is InChI=1S/C16H20FN3O2/c1-10(19-15(21)22-16(2,3)4)14-18-9-13(20-14)11-5-7-12(17)8-6-11/h5-10H,1-4H3,(H,18,20)(H,19,21)/t10-/m0/s1. The average molecular weight is 305 g/mol. The topological polar surface area (TPSA) is 67.0 Å². The number of aromatic amines is 1. The number of alkyl carbamates (subject to hydrolysis) is 1. The van der Waals surface area contributed by atoms with Gasteiger partial charge in [0.05, 0.1) is 17.9 Å². The van der Waals surface area contributed by atoms with Crippen molar-refractivity contribution < 1.29 is 13.9 Å². The molecule has 118 valence electrons. The fourth-order valence-electron chi connectivity index (χ4n) is 1.89. The molecule has 1 amide bonds. The molecule has 1 heterocycles. The highest BCUT2D eigenvalue weighted by Gasteiger charge is 2.19. The Bertz CT molecular complexity index is 644. The molecule has 0 saturated heterocycles. The van der Waals surface area contributed by atoms with E-state index in [1.54, 1.807) is 46.0 Å². The molecular weight excluding hydrogens is 285 g/mol. The van der Waals surface area contributed by atoms with Gasteiger partial charge < -0.3 is 15.0 Å². The van der Waals surface area contributed by atoms with Crippen LogP contribution in [0, 0.1) is 5.82 Å². The van der Waals surface area contributed by atoms with E-state index >= 15 is 0 Å². The molecule has 1 atom stereocenters. The number of aromatic nitrogens is 2. The maximum atomic E-state index is 12.9. The lowest BCUT2D eigenvalue weighted by atomic mass is 10.2. The van der Waals surface area contributed by atoms with Gasteiger partial charge in [0, 0.05) is 0 Å². The Morgan fingerprint density at radius 2 is 1.95 bits per heavy atom. The Labute approximate surface area is 128 Å². The molecule has 0 aliphatic heterocycles. The molecule has 5 nitrogen and oxygen atoms in total. The number of benzene rings is 1. The molecule has 2 aromatic rings.